The second-order valence-electron chi connectivity index (χ2n) is 4.35. The first kappa shape index (κ1) is 14.9. The molecule has 21 heavy (non-hydrogen) atoms. The minimum Gasteiger partial charge on any atom is -0.382 e. The average Bonchev–Trinajstić information content (AvgIpc) is 2.50. The Kier molecular flexibility index (Phi) is 5.22. The van der Waals surface area contributed by atoms with E-state index in [1.54, 1.807) is 7.11 Å². The molecule has 0 unspecified atom stereocenters. The summed E-state index contributed by atoms with van der Waals surface area (Å²) in [4.78, 5) is 15.7. The number of carbonyl (C=O) groups excluding carboxylic acids is 1. The number of aromatic nitrogens is 1. The lowest BCUT2D eigenvalue weighted by Crippen LogP contribution is -2.35. The number of pyridine rings is 1. The number of anilines is 1. The minimum atomic E-state index is -0.587. The highest BCUT2D eigenvalue weighted by molar-refractivity contribution is 5.88. The fraction of sp³-hybridized carbons (Fsp3) is 0.200. The van der Waals surface area contributed by atoms with Crippen molar-refractivity contribution in [3.8, 4) is 0 Å². The van der Waals surface area contributed by atoms with Gasteiger partial charge in [-0.1, -0.05) is 30.3 Å². The Balaban J connectivity index is 2.04. The first-order valence-electron chi connectivity index (χ1n) is 6.42. The highest BCUT2D eigenvalue weighted by Gasteiger charge is 2.15. The van der Waals surface area contributed by atoms with Crippen molar-refractivity contribution < 1.29 is 13.9 Å². The summed E-state index contributed by atoms with van der Waals surface area (Å²) < 4.78 is 18.5. The van der Waals surface area contributed by atoms with Crippen LogP contribution in [0, 0.1) is 5.82 Å². The molecule has 0 aliphatic rings. The van der Waals surface area contributed by atoms with Crippen LogP contribution in [0.2, 0.25) is 0 Å². The number of nitrogens with one attached hydrogen (secondary N) is 2. The summed E-state index contributed by atoms with van der Waals surface area (Å²) in [5.74, 6) is -0.699. The van der Waals surface area contributed by atoms with E-state index in [0.29, 0.717) is 6.61 Å². The maximum atomic E-state index is 13.4. The first-order chi connectivity index (χ1) is 10.2. The van der Waals surface area contributed by atoms with Crippen LogP contribution in [-0.4, -0.2) is 24.7 Å². The standard InChI is InChI=1S/C15H16FN3O2/c1-21-10-13(11-6-3-2-4-7-11)18-15(20)19-14-12(16)8-5-9-17-14/h2-9,13H,10H2,1H3,(H2,17,18,19,20)/t13-/m1/s1. The molecule has 0 fully saturated rings. The molecule has 6 heteroatoms. The number of amides is 2. The zero-order chi connectivity index (χ0) is 15.1. The van der Waals surface area contributed by atoms with Gasteiger partial charge in [0.25, 0.3) is 0 Å². The smallest absolute Gasteiger partial charge is 0.321 e. The Morgan fingerprint density at radius 2 is 2.05 bits per heavy atom. The molecule has 2 N–H and O–H groups in total. The summed E-state index contributed by atoms with van der Waals surface area (Å²) in [6.07, 6.45) is 1.41. The Bertz CT molecular complexity index is 592. The van der Waals surface area contributed by atoms with Crippen LogP contribution < -0.4 is 10.6 Å². The Morgan fingerprint density at radius 1 is 1.29 bits per heavy atom. The van der Waals surface area contributed by atoms with Crippen molar-refractivity contribution in [2.75, 3.05) is 19.0 Å². The van der Waals surface area contributed by atoms with E-state index in [0.717, 1.165) is 5.56 Å². The van der Waals surface area contributed by atoms with Crippen molar-refractivity contribution >= 4 is 11.8 Å². The van der Waals surface area contributed by atoms with Crippen LogP contribution in [0.1, 0.15) is 11.6 Å². The van der Waals surface area contributed by atoms with Crippen molar-refractivity contribution in [1.82, 2.24) is 10.3 Å². The summed E-state index contributed by atoms with van der Waals surface area (Å²) >= 11 is 0. The fourth-order valence-corrected chi connectivity index (χ4v) is 1.85. The lowest BCUT2D eigenvalue weighted by Gasteiger charge is -2.18. The topological polar surface area (TPSA) is 63.2 Å². The molecule has 1 aromatic carbocycles. The van der Waals surface area contributed by atoms with Crippen LogP contribution in [0.4, 0.5) is 15.0 Å². The number of carbonyl (C=O) groups is 1. The predicted octanol–water partition coefficient (Wildman–Crippen LogP) is 2.73. The quantitative estimate of drug-likeness (QED) is 0.889. The number of ether oxygens (including phenoxy) is 1. The van der Waals surface area contributed by atoms with E-state index in [1.165, 1.54) is 18.3 Å². The SMILES string of the molecule is COC[C@@H](NC(=O)Nc1ncccc1F)c1ccccc1. The molecule has 0 spiro atoms. The maximum Gasteiger partial charge on any atom is 0.321 e. The first-order valence-corrected chi connectivity index (χ1v) is 6.42. The van der Waals surface area contributed by atoms with Gasteiger partial charge in [-0.3, -0.25) is 5.32 Å². The lowest BCUT2D eigenvalue weighted by molar-refractivity contribution is 0.168. The third-order valence-corrected chi connectivity index (χ3v) is 2.83. The summed E-state index contributed by atoms with van der Waals surface area (Å²) in [5.41, 5.74) is 0.899. The molecule has 0 aliphatic heterocycles. The molecule has 0 bridgehead atoms. The monoisotopic (exact) mass is 289 g/mol. The fourth-order valence-electron chi connectivity index (χ4n) is 1.85. The molecule has 2 aromatic rings. The minimum absolute atomic E-state index is 0.112. The van der Waals surface area contributed by atoms with Gasteiger partial charge in [0.2, 0.25) is 0 Å². The van der Waals surface area contributed by atoms with Crippen molar-refractivity contribution in [1.29, 1.82) is 0 Å². The molecule has 0 radical (unpaired) electrons. The molecule has 2 rings (SSSR count). The number of urea groups is 1. The zero-order valence-electron chi connectivity index (χ0n) is 11.5. The second-order valence-corrected chi connectivity index (χ2v) is 4.35. The van der Waals surface area contributed by atoms with Crippen LogP contribution in [0.25, 0.3) is 0 Å². The van der Waals surface area contributed by atoms with Gasteiger partial charge in [0.15, 0.2) is 11.6 Å². The molecular formula is C15H16FN3O2. The average molecular weight is 289 g/mol. The van der Waals surface area contributed by atoms with E-state index in [2.05, 4.69) is 15.6 Å². The number of rotatable bonds is 5. The third kappa shape index (κ3) is 4.25. The number of methoxy groups -OCH3 is 1. The number of halogens is 1. The van der Waals surface area contributed by atoms with Crippen molar-refractivity contribution in [2.45, 2.75) is 6.04 Å². The Labute approximate surface area is 122 Å². The Morgan fingerprint density at radius 3 is 2.71 bits per heavy atom. The highest BCUT2D eigenvalue weighted by atomic mass is 19.1. The summed E-state index contributed by atoms with van der Waals surface area (Å²) in [6, 6.07) is 11.2. The van der Waals surface area contributed by atoms with E-state index in [1.807, 2.05) is 30.3 Å². The lowest BCUT2D eigenvalue weighted by atomic mass is 10.1. The van der Waals surface area contributed by atoms with Crippen molar-refractivity contribution in [3.63, 3.8) is 0 Å². The van der Waals surface area contributed by atoms with Gasteiger partial charge in [0.05, 0.1) is 12.6 Å². The van der Waals surface area contributed by atoms with Crippen LogP contribution in [-0.2, 0) is 4.74 Å². The van der Waals surface area contributed by atoms with Gasteiger partial charge in [-0.15, -0.1) is 0 Å². The molecule has 0 saturated carbocycles. The van der Waals surface area contributed by atoms with Crippen LogP contribution in [0.5, 0.6) is 0 Å². The Hall–Kier alpha value is -2.47. The summed E-state index contributed by atoms with van der Waals surface area (Å²) in [6.45, 7) is 0.308. The maximum absolute atomic E-state index is 13.4. The van der Waals surface area contributed by atoms with Crippen LogP contribution in [0.3, 0.4) is 0 Å². The summed E-state index contributed by atoms with van der Waals surface area (Å²) in [5, 5.41) is 5.11. The van der Waals surface area contributed by atoms with Gasteiger partial charge >= 0.3 is 6.03 Å². The second kappa shape index (κ2) is 7.35. The molecule has 0 aliphatic carbocycles. The molecule has 1 heterocycles. The van der Waals surface area contributed by atoms with Gasteiger partial charge in [-0.25, -0.2) is 14.2 Å². The molecule has 0 saturated heterocycles. The van der Waals surface area contributed by atoms with E-state index >= 15 is 0 Å². The highest BCUT2D eigenvalue weighted by Crippen LogP contribution is 2.14. The van der Waals surface area contributed by atoms with Gasteiger partial charge in [0.1, 0.15) is 0 Å². The number of hydrogen-bond acceptors (Lipinski definition) is 3. The van der Waals surface area contributed by atoms with Gasteiger partial charge < -0.3 is 10.1 Å². The van der Waals surface area contributed by atoms with Crippen LogP contribution in [0.15, 0.2) is 48.7 Å². The number of hydrogen-bond donors (Lipinski definition) is 2. The number of benzene rings is 1. The van der Waals surface area contributed by atoms with Crippen molar-refractivity contribution in [2.24, 2.45) is 0 Å². The number of nitrogens with zero attached hydrogens (tertiary/aromatic N) is 1. The van der Waals surface area contributed by atoms with Gasteiger partial charge in [-0.2, -0.15) is 0 Å². The van der Waals surface area contributed by atoms with Crippen molar-refractivity contribution in [3.05, 3.63) is 60.0 Å². The molecule has 110 valence electrons. The molecular weight excluding hydrogens is 273 g/mol. The zero-order valence-corrected chi connectivity index (χ0v) is 11.5. The van der Waals surface area contributed by atoms with Gasteiger partial charge in [-0.05, 0) is 17.7 Å². The largest absolute Gasteiger partial charge is 0.382 e. The molecule has 5 nitrogen and oxygen atoms in total. The van der Waals surface area contributed by atoms with E-state index < -0.39 is 11.8 Å². The third-order valence-electron chi connectivity index (χ3n) is 2.83. The van der Waals surface area contributed by atoms with Crippen LogP contribution >= 0.6 is 0 Å². The molecule has 2 amide bonds. The van der Waals surface area contributed by atoms with E-state index in [4.69, 9.17) is 4.74 Å². The van der Waals surface area contributed by atoms with Gasteiger partial charge in [0, 0.05) is 13.3 Å². The predicted molar refractivity (Wildman–Crippen MR) is 77.4 cm³/mol. The van der Waals surface area contributed by atoms with E-state index in [-0.39, 0.29) is 11.9 Å². The summed E-state index contributed by atoms with van der Waals surface area (Å²) in [7, 11) is 1.55. The molecule has 1 atom stereocenters. The normalized spacial score (nSPS) is 11.7. The molecule has 1 aromatic heterocycles. The van der Waals surface area contributed by atoms with E-state index in [9.17, 15) is 9.18 Å².